The van der Waals surface area contributed by atoms with Gasteiger partial charge in [-0.2, -0.15) is 18.3 Å². The van der Waals surface area contributed by atoms with E-state index in [0.29, 0.717) is 27.9 Å². The van der Waals surface area contributed by atoms with Crippen LogP contribution in [0.15, 0.2) is 35.8 Å². The molecule has 0 fully saturated rings. The molecule has 0 unspecified atom stereocenters. The minimum atomic E-state index is -4.89. The summed E-state index contributed by atoms with van der Waals surface area (Å²) < 4.78 is 45.5. The molecule has 0 bridgehead atoms. The fourth-order valence-corrected chi connectivity index (χ4v) is 3.05. The fraction of sp³-hybridized carbons (Fsp3) is 0.133. The van der Waals surface area contributed by atoms with Crippen molar-refractivity contribution in [1.29, 1.82) is 0 Å². The van der Waals surface area contributed by atoms with Crippen molar-refractivity contribution < 1.29 is 27.8 Å². The zero-order valence-corrected chi connectivity index (χ0v) is 13.4. The molecule has 3 aromatic rings. The van der Waals surface area contributed by atoms with Crippen LogP contribution in [-0.4, -0.2) is 33.0 Å². The molecule has 0 aliphatic rings. The smallest absolute Gasteiger partial charge is 0.434 e. The van der Waals surface area contributed by atoms with Crippen molar-refractivity contribution in [2.75, 3.05) is 7.11 Å². The molecule has 130 valence electrons. The molecule has 25 heavy (non-hydrogen) atoms. The number of hydrogen-bond donors (Lipinski definition) is 1. The van der Waals surface area contributed by atoms with E-state index in [1.165, 1.54) is 7.11 Å². The van der Waals surface area contributed by atoms with Gasteiger partial charge in [-0.1, -0.05) is 12.1 Å². The van der Waals surface area contributed by atoms with E-state index in [2.05, 4.69) is 10.1 Å². The van der Waals surface area contributed by atoms with E-state index in [4.69, 9.17) is 9.84 Å². The molecule has 0 saturated heterocycles. The molecule has 2 heterocycles. The molecule has 0 amide bonds. The lowest BCUT2D eigenvalue weighted by molar-refractivity contribution is -0.143. The summed E-state index contributed by atoms with van der Waals surface area (Å²) in [4.78, 5) is 15.2. The number of carboxylic acids is 1. The summed E-state index contributed by atoms with van der Waals surface area (Å²) in [7, 11) is 1.47. The normalized spacial score (nSPS) is 11.5. The van der Waals surface area contributed by atoms with Crippen molar-refractivity contribution in [2.24, 2.45) is 0 Å². The zero-order chi connectivity index (χ0) is 18.2. The number of halogens is 3. The molecule has 2 aromatic heterocycles. The Hall–Kier alpha value is -2.88. The molecule has 0 spiro atoms. The van der Waals surface area contributed by atoms with Gasteiger partial charge in [0.25, 0.3) is 0 Å². The number of carbonyl (C=O) groups is 1. The number of para-hydroxylation sites is 1. The summed E-state index contributed by atoms with van der Waals surface area (Å²) in [6, 6.07) is 6.92. The van der Waals surface area contributed by atoms with Gasteiger partial charge in [-0.3, -0.25) is 0 Å². The van der Waals surface area contributed by atoms with Gasteiger partial charge in [-0.05, 0) is 12.1 Å². The van der Waals surface area contributed by atoms with Crippen molar-refractivity contribution in [1.82, 2.24) is 14.8 Å². The molecule has 1 N–H and O–H groups in total. The molecule has 0 aliphatic heterocycles. The van der Waals surface area contributed by atoms with E-state index in [1.807, 2.05) is 0 Å². The van der Waals surface area contributed by atoms with Crippen molar-refractivity contribution >= 4 is 17.3 Å². The Balaban J connectivity index is 2.11. The lowest BCUT2D eigenvalue weighted by Crippen LogP contribution is -2.17. The van der Waals surface area contributed by atoms with Crippen LogP contribution in [0.3, 0.4) is 0 Å². The lowest BCUT2D eigenvalue weighted by Gasteiger charge is -2.09. The first-order chi connectivity index (χ1) is 11.8. The average molecular weight is 369 g/mol. The number of nitrogens with zero attached hydrogens (tertiary/aromatic N) is 3. The monoisotopic (exact) mass is 369 g/mol. The molecule has 0 saturated carbocycles. The predicted molar refractivity (Wildman–Crippen MR) is 83.2 cm³/mol. The number of aromatic carboxylic acids is 1. The maximum Gasteiger partial charge on any atom is 0.434 e. The SMILES string of the molecule is COc1ccccc1-c1csc(-n2ncc(C(=O)O)c2C(F)(F)F)n1. The van der Waals surface area contributed by atoms with Crippen LogP contribution in [0.25, 0.3) is 16.4 Å². The zero-order valence-electron chi connectivity index (χ0n) is 12.6. The molecular weight excluding hydrogens is 359 g/mol. The maximum atomic E-state index is 13.3. The highest BCUT2D eigenvalue weighted by molar-refractivity contribution is 7.12. The Morgan fingerprint density at radius 3 is 2.68 bits per heavy atom. The summed E-state index contributed by atoms with van der Waals surface area (Å²) in [5.74, 6) is -1.19. The summed E-state index contributed by atoms with van der Waals surface area (Å²) >= 11 is 0.913. The van der Waals surface area contributed by atoms with Crippen LogP contribution in [0, 0.1) is 0 Å². The average Bonchev–Trinajstić information content (AvgIpc) is 3.20. The first-order valence-electron chi connectivity index (χ1n) is 6.80. The molecule has 3 rings (SSSR count). The van der Waals surface area contributed by atoms with Crippen LogP contribution >= 0.6 is 11.3 Å². The number of hydrogen-bond acceptors (Lipinski definition) is 5. The highest BCUT2D eigenvalue weighted by Gasteiger charge is 2.41. The van der Waals surface area contributed by atoms with Gasteiger partial charge >= 0.3 is 12.1 Å². The first-order valence-corrected chi connectivity index (χ1v) is 7.68. The third kappa shape index (κ3) is 3.07. The van der Waals surface area contributed by atoms with E-state index < -0.39 is 23.4 Å². The Morgan fingerprint density at radius 2 is 2.04 bits per heavy atom. The number of alkyl halides is 3. The van der Waals surface area contributed by atoms with Gasteiger partial charge in [-0.25, -0.2) is 14.5 Å². The van der Waals surface area contributed by atoms with Crippen LogP contribution in [0.2, 0.25) is 0 Å². The standard InChI is InChI=1S/C15H10F3N3O3S/c1-24-11-5-3-2-4-8(11)10-7-25-14(20-10)21-12(15(16,17)18)9(6-19-21)13(22)23/h2-7H,1H3,(H,22,23). The van der Waals surface area contributed by atoms with Crippen LogP contribution in [-0.2, 0) is 6.18 Å². The molecule has 10 heteroatoms. The minimum Gasteiger partial charge on any atom is -0.496 e. The van der Waals surface area contributed by atoms with Crippen LogP contribution in [0.4, 0.5) is 13.2 Å². The number of benzene rings is 1. The van der Waals surface area contributed by atoms with Gasteiger partial charge < -0.3 is 9.84 Å². The predicted octanol–water partition coefficient (Wildman–Crippen LogP) is 3.72. The molecule has 0 aliphatic carbocycles. The molecule has 0 radical (unpaired) electrons. The number of thiazole rings is 1. The lowest BCUT2D eigenvalue weighted by atomic mass is 10.1. The van der Waals surface area contributed by atoms with E-state index in [9.17, 15) is 18.0 Å². The second kappa shape index (κ2) is 6.20. The summed E-state index contributed by atoms with van der Waals surface area (Å²) in [5, 5.41) is 14.0. The van der Waals surface area contributed by atoms with Gasteiger partial charge in [0, 0.05) is 10.9 Å². The number of aromatic nitrogens is 3. The fourth-order valence-electron chi connectivity index (χ4n) is 2.26. The van der Waals surface area contributed by atoms with Gasteiger partial charge in [-0.15, -0.1) is 11.3 Å². The van der Waals surface area contributed by atoms with Crippen molar-refractivity contribution in [3.63, 3.8) is 0 Å². The van der Waals surface area contributed by atoms with Crippen LogP contribution in [0.1, 0.15) is 16.1 Å². The third-order valence-electron chi connectivity index (χ3n) is 3.32. The number of carboxylic acid groups (broad SMARTS) is 1. The largest absolute Gasteiger partial charge is 0.496 e. The summed E-state index contributed by atoms with van der Waals surface area (Å²) in [6.07, 6.45) is -4.23. The third-order valence-corrected chi connectivity index (χ3v) is 4.14. The van der Waals surface area contributed by atoms with Gasteiger partial charge in [0.05, 0.1) is 19.0 Å². The van der Waals surface area contributed by atoms with E-state index in [1.54, 1.807) is 29.6 Å². The van der Waals surface area contributed by atoms with Crippen molar-refractivity contribution in [2.45, 2.75) is 6.18 Å². The Bertz CT molecular complexity index is 933. The summed E-state index contributed by atoms with van der Waals surface area (Å²) in [6.45, 7) is 0. The van der Waals surface area contributed by atoms with E-state index in [-0.39, 0.29) is 5.13 Å². The summed E-state index contributed by atoms with van der Waals surface area (Å²) in [5.41, 5.74) is -1.30. The van der Waals surface area contributed by atoms with Gasteiger partial charge in [0.15, 0.2) is 5.69 Å². The van der Waals surface area contributed by atoms with E-state index >= 15 is 0 Å². The van der Waals surface area contributed by atoms with Crippen molar-refractivity contribution in [3.8, 4) is 22.1 Å². The minimum absolute atomic E-state index is 0.0965. The molecule has 0 atom stereocenters. The number of ether oxygens (including phenoxy) is 1. The first kappa shape index (κ1) is 17.0. The maximum absolute atomic E-state index is 13.3. The van der Waals surface area contributed by atoms with Gasteiger partial charge in [0.2, 0.25) is 5.13 Å². The number of rotatable bonds is 4. The topological polar surface area (TPSA) is 77.2 Å². The number of methoxy groups -OCH3 is 1. The second-order valence-corrected chi connectivity index (χ2v) is 5.67. The molecular formula is C15H10F3N3O3S. The van der Waals surface area contributed by atoms with Crippen LogP contribution < -0.4 is 4.74 Å². The highest BCUT2D eigenvalue weighted by Crippen LogP contribution is 2.36. The van der Waals surface area contributed by atoms with Crippen molar-refractivity contribution in [3.05, 3.63) is 47.1 Å². The quantitative estimate of drug-likeness (QED) is 0.758. The Morgan fingerprint density at radius 1 is 1.32 bits per heavy atom. The second-order valence-electron chi connectivity index (χ2n) is 4.84. The highest BCUT2D eigenvalue weighted by atomic mass is 32.1. The Labute approximate surface area is 143 Å². The Kier molecular flexibility index (Phi) is 4.21. The molecule has 1 aromatic carbocycles. The van der Waals surface area contributed by atoms with Crippen LogP contribution in [0.5, 0.6) is 5.75 Å². The van der Waals surface area contributed by atoms with Gasteiger partial charge in [0.1, 0.15) is 11.3 Å². The van der Waals surface area contributed by atoms with E-state index in [0.717, 1.165) is 11.3 Å². The molecule has 6 nitrogen and oxygen atoms in total.